The lowest BCUT2D eigenvalue weighted by Gasteiger charge is -2.06. The summed E-state index contributed by atoms with van der Waals surface area (Å²) < 4.78 is 18.5. The van der Waals surface area contributed by atoms with E-state index in [4.69, 9.17) is 4.74 Å². The quantitative estimate of drug-likeness (QED) is 0.564. The second-order valence-corrected chi connectivity index (χ2v) is 8.19. The lowest BCUT2D eigenvalue weighted by molar-refractivity contribution is -0.117. The first kappa shape index (κ1) is 21.5. The van der Waals surface area contributed by atoms with Gasteiger partial charge in [-0.25, -0.2) is 4.39 Å². The van der Waals surface area contributed by atoms with Crippen LogP contribution in [0.5, 0.6) is 5.75 Å². The third-order valence-electron chi connectivity index (χ3n) is 3.43. The zero-order valence-corrected chi connectivity index (χ0v) is 17.2. The summed E-state index contributed by atoms with van der Waals surface area (Å²) in [5.74, 6) is 1.64. The van der Waals surface area contributed by atoms with Crippen molar-refractivity contribution in [2.24, 2.45) is 0 Å². The Morgan fingerprint density at radius 2 is 2.11 bits per heavy atom. The molecule has 2 aromatic rings. The maximum absolute atomic E-state index is 12.8. The zero-order valence-electron chi connectivity index (χ0n) is 15.6. The lowest BCUT2D eigenvalue weighted by atomic mass is 10.2. The van der Waals surface area contributed by atoms with E-state index in [9.17, 15) is 9.18 Å². The van der Waals surface area contributed by atoms with Gasteiger partial charge in [-0.15, -0.1) is 23.1 Å². The topological polar surface area (TPSA) is 41.6 Å². The Morgan fingerprint density at radius 3 is 2.85 bits per heavy atom. The van der Waals surface area contributed by atoms with Gasteiger partial charge in [-0.1, -0.05) is 18.2 Å². The van der Waals surface area contributed by atoms with Gasteiger partial charge in [-0.05, 0) is 44.1 Å². The number of thioether (sulfide) groups is 1. The van der Waals surface area contributed by atoms with Gasteiger partial charge in [0.1, 0.15) is 11.6 Å². The van der Waals surface area contributed by atoms with Crippen molar-refractivity contribution in [3.05, 3.63) is 64.2 Å². The molecule has 0 aliphatic heterocycles. The van der Waals surface area contributed by atoms with E-state index < -0.39 is 0 Å². The molecule has 1 heterocycles. The molecule has 1 aromatic carbocycles. The van der Waals surface area contributed by atoms with E-state index in [2.05, 4.69) is 16.3 Å². The summed E-state index contributed by atoms with van der Waals surface area (Å²) in [4.78, 5) is 15.2. The van der Waals surface area contributed by atoms with E-state index in [-0.39, 0.29) is 11.7 Å². The van der Waals surface area contributed by atoms with Crippen LogP contribution in [-0.2, 0) is 17.1 Å². The fraction of sp³-hybridized carbons (Fsp3) is 0.350. The number of benzene rings is 1. The molecule has 4 nitrogen and oxygen atoms in total. The van der Waals surface area contributed by atoms with Crippen LogP contribution in [-0.4, -0.2) is 37.3 Å². The highest BCUT2D eigenvalue weighted by atomic mass is 32.2. The van der Waals surface area contributed by atoms with Crippen molar-refractivity contribution in [1.82, 2.24) is 10.2 Å². The molecule has 7 heteroatoms. The third kappa shape index (κ3) is 9.08. The molecule has 1 aromatic heterocycles. The average Bonchev–Trinajstić information content (AvgIpc) is 3.06. The first-order valence-electron chi connectivity index (χ1n) is 8.64. The van der Waals surface area contributed by atoms with Gasteiger partial charge in [0, 0.05) is 29.0 Å². The Balaban J connectivity index is 1.54. The van der Waals surface area contributed by atoms with Crippen molar-refractivity contribution in [2.75, 3.05) is 26.5 Å². The molecule has 0 radical (unpaired) electrons. The van der Waals surface area contributed by atoms with Crippen molar-refractivity contribution < 1.29 is 13.9 Å². The van der Waals surface area contributed by atoms with Gasteiger partial charge >= 0.3 is 0 Å². The first-order chi connectivity index (χ1) is 13.0. The van der Waals surface area contributed by atoms with Crippen LogP contribution in [0, 0.1) is 5.82 Å². The summed E-state index contributed by atoms with van der Waals surface area (Å²) in [5, 5.41) is 4.76. The van der Waals surface area contributed by atoms with Gasteiger partial charge in [-0.3, -0.25) is 4.79 Å². The molecule has 0 saturated heterocycles. The van der Waals surface area contributed by atoms with Crippen molar-refractivity contribution >= 4 is 29.0 Å². The van der Waals surface area contributed by atoms with Crippen LogP contribution >= 0.6 is 23.1 Å². The minimum atomic E-state index is -0.247. The van der Waals surface area contributed by atoms with Crippen molar-refractivity contribution in [3.63, 3.8) is 0 Å². The van der Waals surface area contributed by atoms with Crippen LogP contribution in [0.4, 0.5) is 4.39 Å². The molecule has 27 heavy (non-hydrogen) atoms. The summed E-state index contributed by atoms with van der Waals surface area (Å²) in [6.45, 7) is 1.49. The maximum Gasteiger partial charge on any atom is 0.233 e. The molecular formula is C20H25FN2O2S2. The standard InChI is InChI=1S/C20H25FN2O2S2/c1-23(2)12-19-11-18(14-27-19)25-10-4-3-9-22-20(24)15-26-13-16-5-7-17(21)8-6-16/h3,5-9,11,14H,4,10,12-13,15H2,1-2H3,(H,22,24)/b9-3-. The molecule has 0 atom stereocenters. The Bertz CT molecular complexity index is 730. The van der Waals surface area contributed by atoms with Gasteiger partial charge < -0.3 is 15.0 Å². The number of hydrogen-bond acceptors (Lipinski definition) is 5. The lowest BCUT2D eigenvalue weighted by Crippen LogP contribution is -2.19. The van der Waals surface area contributed by atoms with Crippen LogP contribution in [0.2, 0.25) is 0 Å². The van der Waals surface area contributed by atoms with Crippen LogP contribution < -0.4 is 10.1 Å². The number of ether oxygens (including phenoxy) is 1. The smallest absolute Gasteiger partial charge is 0.233 e. The molecule has 2 rings (SSSR count). The Labute approximate surface area is 168 Å². The van der Waals surface area contributed by atoms with Crippen LogP contribution in [0.15, 0.2) is 48.0 Å². The number of hydrogen-bond donors (Lipinski definition) is 1. The number of nitrogens with zero attached hydrogens (tertiary/aromatic N) is 1. The molecule has 1 N–H and O–H groups in total. The third-order valence-corrected chi connectivity index (χ3v) is 5.34. The zero-order chi connectivity index (χ0) is 19.5. The van der Waals surface area contributed by atoms with E-state index in [1.54, 1.807) is 29.7 Å². The highest BCUT2D eigenvalue weighted by Crippen LogP contribution is 2.22. The number of thiophene rings is 1. The fourth-order valence-corrected chi connectivity index (χ4v) is 3.91. The molecule has 0 bridgehead atoms. The summed E-state index contributed by atoms with van der Waals surface area (Å²) in [6, 6.07) is 8.39. The molecule has 0 spiro atoms. The van der Waals surface area contributed by atoms with E-state index in [1.807, 2.05) is 25.6 Å². The maximum atomic E-state index is 12.8. The molecule has 146 valence electrons. The van der Waals surface area contributed by atoms with Crippen molar-refractivity contribution in [1.29, 1.82) is 0 Å². The molecule has 0 aliphatic rings. The number of carbonyl (C=O) groups excluding carboxylic acids is 1. The highest BCUT2D eigenvalue weighted by Gasteiger charge is 2.02. The fourth-order valence-electron chi connectivity index (χ4n) is 2.19. The molecule has 0 aliphatic carbocycles. The molecular weight excluding hydrogens is 383 g/mol. The van der Waals surface area contributed by atoms with Gasteiger partial charge in [0.05, 0.1) is 12.4 Å². The van der Waals surface area contributed by atoms with Crippen LogP contribution in [0.25, 0.3) is 0 Å². The van der Waals surface area contributed by atoms with Crippen molar-refractivity contribution in [2.45, 2.75) is 18.7 Å². The Kier molecular flexibility index (Phi) is 9.38. The second kappa shape index (κ2) is 11.8. The number of amides is 1. The minimum Gasteiger partial charge on any atom is -0.492 e. The van der Waals surface area contributed by atoms with E-state index in [0.717, 1.165) is 24.3 Å². The Morgan fingerprint density at radius 1 is 1.33 bits per heavy atom. The molecule has 0 unspecified atom stereocenters. The van der Waals surface area contributed by atoms with Crippen LogP contribution in [0.3, 0.4) is 0 Å². The van der Waals surface area contributed by atoms with Gasteiger partial charge in [-0.2, -0.15) is 0 Å². The summed E-state index contributed by atoms with van der Waals surface area (Å²) in [6.07, 6.45) is 4.27. The van der Waals surface area contributed by atoms with Gasteiger partial charge in [0.25, 0.3) is 0 Å². The van der Waals surface area contributed by atoms with E-state index >= 15 is 0 Å². The van der Waals surface area contributed by atoms with Crippen LogP contribution in [0.1, 0.15) is 16.9 Å². The molecule has 1 amide bonds. The van der Waals surface area contributed by atoms with E-state index in [1.165, 1.54) is 28.8 Å². The molecule has 0 saturated carbocycles. The highest BCUT2D eigenvalue weighted by molar-refractivity contribution is 7.99. The van der Waals surface area contributed by atoms with Gasteiger partial charge in [0.2, 0.25) is 5.91 Å². The second-order valence-electron chi connectivity index (χ2n) is 6.21. The first-order valence-corrected chi connectivity index (χ1v) is 10.7. The summed E-state index contributed by atoms with van der Waals surface area (Å²) >= 11 is 3.19. The average molecular weight is 409 g/mol. The van der Waals surface area contributed by atoms with E-state index in [0.29, 0.717) is 18.1 Å². The largest absolute Gasteiger partial charge is 0.492 e. The monoisotopic (exact) mass is 408 g/mol. The van der Waals surface area contributed by atoms with Gasteiger partial charge in [0.15, 0.2) is 0 Å². The molecule has 0 fully saturated rings. The number of nitrogens with one attached hydrogen (secondary N) is 1. The number of carbonyl (C=O) groups is 1. The SMILES string of the molecule is CN(C)Cc1cc(OCC/C=C\NC(=O)CSCc2ccc(F)cc2)cs1. The normalized spacial score (nSPS) is 11.3. The predicted octanol–water partition coefficient (Wildman–Crippen LogP) is 4.28. The summed E-state index contributed by atoms with van der Waals surface area (Å²) in [5.41, 5.74) is 1.00. The minimum absolute atomic E-state index is 0.0505. The Hall–Kier alpha value is -1.83. The number of halogens is 1. The number of rotatable bonds is 11. The van der Waals surface area contributed by atoms with Crippen molar-refractivity contribution in [3.8, 4) is 5.75 Å². The summed E-state index contributed by atoms with van der Waals surface area (Å²) in [7, 11) is 4.08. The predicted molar refractivity (Wildman–Crippen MR) is 112 cm³/mol.